The van der Waals surface area contributed by atoms with Gasteiger partial charge in [-0.25, -0.2) is 4.98 Å². The fourth-order valence-electron chi connectivity index (χ4n) is 1.73. The van der Waals surface area contributed by atoms with Gasteiger partial charge in [-0.1, -0.05) is 0 Å². The van der Waals surface area contributed by atoms with Gasteiger partial charge in [-0.15, -0.1) is 0 Å². The molecule has 0 bridgehead atoms. The number of nitrogens with zero attached hydrogens (tertiary/aromatic N) is 3. The minimum atomic E-state index is 0.327. The van der Waals surface area contributed by atoms with Gasteiger partial charge in [0, 0.05) is 23.5 Å². The number of aromatic nitrogens is 2. The first-order chi connectivity index (χ1) is 8.78. The molecule has 0 spiro atoms. The topological polar surface area (TPSA) is 67.9 Å². The van der Waals surface area contributed by atoms with Gasteiger partial charge in [0.05, 0.1) is 13.7 Å². The first kappa shape index (κ1) is 11.9. The van der Waals surface area contributed by atoms with Gasteiger partial charge in [-0.05, 0) is 18.2 Å². The number of carbonyl (C=O) groups excluding carboxylic acids is 1. The van der Waals surface area contributed by atoms with Gasteiger partial charge < -0.3 is 9.30 Å². The summed E-state index contributed by atoms with van der Waals surface area (Å²) in [5.74, 6) is 1.01. The number of methoxy groups -OCH3 is 1. The van der Waals surface area contributed by atoms with Crippen molar-refractivity contribution in [3.63, 3.8) is 0 Å². The lowest BCUT2D eigenvalue weighted by molar-refractivity contribution is 0.112. The number of benzene rings is 1. The van der Waals surface area contributed by atoms with Crippen LogP contribution in [0.15, 0.2) is 30.6 Å². The predicted octanol–water partition coefficient (Wildman–Crippen LogP) is 1.62. The number of aldehydes is 1. The van der Waals surface area contributed by atoms with Gasteiger partial charge in [0.1, 0.15) is 18.1 Å². The molecular weight excluding hydrogens is 230 g/mol. The molecule has 5 nitrogen and oxygen atoms in total. The standard InChI is InChI=1S/C13H11N3O2/c1-18-12-3-2-10(9-17)6-11(12)8-16-5-4-15-13(16)7-14/h2-6,9H,8H2,1H3. The second-order valence-corrected chi connectivity index (χ2v) is 3.68. The smallest absolute Gasteiger partial charge is 0.213 e. The fourth-order valence-corrected chi connectivity index (χ4v) is 1.73. The molecule has 0 aliphatic heterocycles. The SMILES string of the molecule is COc1ccc(C=O)cc1Cn1ccnc1C#N. The molecule has 0 amide bonds. The quantitative estimate of drug-likeness (QED) is 0.763. The number of rotatable bonds is 4. The Bertz CT molecular complexity index is 611. The van der Waals surface area contributed by atoms with Crippen LogP contribution in [0, 0.1) is 11.3 Å². The van der Waals surface area contributed by atoms with Gasteiger partial charge >= 0.3 is 0 Å². The van der Waals surface area contributed by atoms with Crippen LogP contribution in [0.3, 0.4) is 0 Å². The molecule has 0 unspecified atom stereocenters. The van der Waals surface area contributed by atoms with Gasteiger partial charge in [0.15, 0.2) is 0 Å². The molecular formula is C13H11N3O2. The van der Waals surface area contributed by atoms with E-state index in [4.69, 9.17) is 10.00 Å². The molecule has 2 rings (SSSR count). The van der Waals surface area contributed by atoms with Crippen LogP contribution in [0.1, 0.15) is 21.7 Å². The highest BCUT2D eigenvalue weighted by Crippen LogP contribution is 2.20. The average Bonchev–Trinajstić information content (AvgIpc) is 2.86. The Hall–Kier alpha value is -2.61. The zero-order chi connectivity index (χ0) is 13.0. The summed E-state index contributed by atoms with van der Waals surface area (Å²) in [5.41, 5.74) is 1.40. The molecule has 1 aromatic heterocycles. The number of hydrogen-bond donors (Lipinski definition) is 0. The van der Waals surface area contributed by atoms with Gasteiger partial charge in [0.25, 0.3) is 0 Å². The average molecular weight is 241 g/mol. The Balaban J connectivity index is 2.38. The van der Waals surface area contributed by atoms with E-state index in [0.29, 0.717) is 23.7 Å². The molecule has 0 radical (unpaired) electrons. The lowest BCUT2D eigenvalue weighted by Crippen LogP contribution is -2.04. The molecule has 0 aliphatic carbocycles. The van der Waals surface area contributed by atoms with E-state index in [1.54, 1.807) is 42.3 Å². The number of ether oxygens (including phenoxy) is 1. The van der Waals surface area contributed by atoms with Crippen LogP contribution in [-0.4, -0.2) is 22.9 Å². The van der Waals surface area contributed by atoms with Crippen LogP contribution in [0.2, 0.25) is 0 Å². The van der Waals surface area contributed by atoms with Crippen LogP contribution < -0.4 is 4.74 Å². The molecule has 0 saturated carbocycles. The number of hydrogen-bond acceptors (Lipinski definition) is 4. The van der Waals surface area contributed by atoms with E-state index >= 15 is 0 Å². The molecule has 0 saturated heterocycles. The summed E-state index contributed by atoms with van der Waals surface area (Å²) in [5, 5.41) is 8.89. The second kappa shape index (κ2) is 5.15. The molecule has 90 valence electrons. The maximum atomic E-state index is 10.8. The zero-order valence-corrected chi connectivity index (χ0v) is 9.83. The van der Waals surface area contributed by atoms with Crippen LogP contribution in [-0.2, 0) is 6.54 Å². The maximum Gasteiger partial charge on any atom is 0.213 e. The van der Waals surface area contributed by atoms with Crippen molar-refractivity contribution in [1.82, 2.24) is 9.55 Å². The van der Waals surface area contributed by atoms with Crippen molar-refractivity contribution in [1.29, 1.82) is 5.26 Å². The first-order valence-electron chi connectivity index (χ1n) is 5.32. The van der Waals surface area contributed by atoms with Crippen LogP contribution in [0.5, 0.6) is 5.75 Å². The number of carbonyl (C=O) groups is 1. The highest BCUT2D eigenvalue weighted by Gasteiger charge is 2.08. The summed E-state index contributed by atoms with van der Waals surface area (Å²) < 4.78 is 6.94. The van der Waals surface area contributed by atoms with E-state index in [1.807, 2.05) is 6.07 Å². The summed E-state index contributed by atoms with van der Waals surface area (Å²) in [4.78, 5) is 14.7. The van der Waals surface area contributed by atoms with Crippen molar-refractivity contribution in [2.24, 2.45) is 0 Å². The Morgan fingerprint density at radius 1 is 1.56 bits per heavy atom. The fraction of sp³-hybridized carbons (Fsp3) is 0.154. The normalized spacial score (nSPS) is 9.78. The third kappa shape index (κ3) is 2.23. The lowest BCUT2D eigenvalue weighted by Gasteiger charge is -2.10. The third-order valence-electron chi connectivity index (χ3n) is 2.60. The molecule has 1 aromatic carbocycles. The molecule has 0 fully saturated rings. The number of nitriles is 1. The second-order valence-electron chi connectivity index (χ2n) is 3.68. The monoisotopic (exact) mass is 241 g/mol. The minimum absolute atomic E-state index is 0.327. The van der Waals surface area contributed by atoms with Crippen molar-refractivity contribution in [3.8, 4) is 11.8 Å². The lowest BCUT2D eigenvalue weighted by atomic mass is 10.1. The summed E-state index contributed by atoms with van der Waals surface area (Å²) in [6, 6.07) is 7.17. The molecule has 18 heavy (non-hydrogen) atoms. The molecule has 0 atom stereocenters. The minimum Gasteiger partial charge on any atom is -0.496 e. The van der Waals surface area contributed by atoms with Crippen molar-refractivity contribution in [3.05, 3.63) is 47.5 Å². The molecule has 1 heterocycles. The Morgan fingerprint density at radius 2 is 2.39 bits per heavy atom. The molecule has 0 aliphatic rings. The van der Waals surface area contributed by atoms with E-state index < -0.39 is 0 Å². The Labute approximate surface area is 104 Å². The summed E-state index contributed by atoms with van der Waals surface area (Å²) in [6.45, 7) is 0.438. The van der Waals surface area contributed by atoms with Crippen LogP contribution >= 0.6 is 0 Å². The molecule has 5 heteroatoms. The van der Waals surface area contributed by atoms with Crippen LogP contribution in [0.25, 0.3) is 0 Å². The zero-order valence-electron chi connectivity index (χ0n) is 9.83. The van der Waals surface area contributed by atoms with E-state index in [0.717, 1.165) is 11.8 Å². The predicted molar refractivity (Wildman–Crippen MR) is 64.4 cm³/mol. The van der Waals surface area contributed by atoms with E-state index in [1.165, 1.54) is 0 Å². The van der Waals surface area contributed by atoms with Crippen molar-refractivity contribution >= 4 is 6.29 Å². The Morgan fingerprint density at radius 3 is 3.06 bits per heavy atom. The van der Waals surface area contributed by atoms with E-state index in [-0.39, 0.29) is 0 Å². The van der Waals surface area contributed by atoms with Crippen molar-refractivity contribution < 1.29 is 9.53 Å². The highest BCUT2D eigenvalue weighted by molar-refractivity contribution is 5.75. The number of imidazole rings is 1. The van der Waals surface area contributed by atoms with E-state index in [9.17, 15) is 4.79 Å². The maximum absolute atomic E-state index is 10.8. The van der Waals surface area contributed by atoms with Crippen molar-refractivity contribution in [2.75, 3.05) is 7.11 Å². The van der Waals surface area contributed by atoms with Crippen LogP contribution in [0.4, 0.5) is 0 Å². The van der Waals surface area contributed by atoms with Gasteiger partial charge in [0.2, 0.25) is 5.82 Å². The van der Waals surface area contributed by atoms with Crippen molar-refractivity contribution in [2.45, 2.75) is 6.54 Å². The first-order valence-corrected chi connectivity index (χ1v) is 5.32. The highest BCUT2D eigenvalue weighted by atomic mass is 16.5. The summed E-state index contributed by atoms with van der Waals surface area (Å²) >= 11 is 0. The van der Waals surface area contributed by atoms with Gasteiger partial charge in [-0.2, -0.15) is 5.26 Å². The van der Waals surface area contributed by atoms with Gasteiger partial charge in [-0.3, -0.25) is 4.79 Å². The molecule has 2 aromatic rings. The molecule has 0 N–H and O–H groups in total. The third-order valence-corrected chi connectivity index (χ3v) is 2.60. The summed E-state index contributed by atoms with van der Waals surface area (Å²) in [6.07, 6.45) is 4.06. The summed E-state index contributed by atoms with van der Waals surface area (Å²) in [7, 11) is 1.57. The van der Waals surface area contributed by atoms with E-state index in [2.05, 4.69) is 4.98 Å². The Kier molecular flexibility index (Phi) is 3.39. The largest absolute Gasteiger partial charge is 0.496 e.